The van der Waals surface area contributed by atoms with Crippen LogP contribution in [0.15, 0.2) is 5.38 Å². The first-order valence-electron chi connectivity index (χ1n) is 5.28. The first-order chi connectivity index (χ1) is 7.59. The molecule has 1 heterocycles. The maximum atomic E-state index is 12.0. The number of hydrogen-bond acceptors (Lipinski definition) is 2. The topological polar surface area (TPSA) is 29.1 Å². The van der Waals surface area contributed by atoms with Crippen molar-refractivity contribution in [3.63, 3.8) is 0 Å². The summed E-state index contributed by atoms with van der Waals surface area (Å²) in [6.45, 7) is 1.92. The number of carbonyl (C=O) groups excluding carboxylic acids is 1. The molecule has 1 fully saturated rings. The van der Waals surface area contributed by atoms with E-state index in [9.17, 15) is 4.79 Å². The third kappa shape index (κ3) is 2.44. The fourth-order valence-corrected chi connectivity index (χ4v) is 3.80. The maximum absolute atomic E-state index is 12.0. The third-order valence-corrected chi connectivity index (χ3v) is 5.65. The zero-order valence-corrected chi connectivity index (χ0v) is 12.1. The molecule has 0 saturated heterocycles. The number of carbonyl (C=O) groups is 1. The minimum Gasteiger partial charge on any atom is -0.347 e. The van der Waals surface area contributed by atoms with E-state index < -0.39 is 0 Å². The number of hydrogen-bond donors (Lipinski definition) is 1. The van der Waals surface area contributed by atoms with E-state index in [0.717, 1.165) is 24.8 Å². The predicted molar refractivity (Wildman–Crippen MR) is 71.9 cm³/mol. The lowest BCUT2D eigenvalue weighted by Gasteiger charge is -2.15. The number of thiophene rings is 1. The smallest absolute Gasteiger partial charge is 0.263 e. The minimum absolute atomic E-state index is 0.0422. The molecule has 2 nitrogen and oxygen atoms in total. The van der Waals surface area contributed by atoms with Gasteiger partial charge in [-0.1, -0.05) is 34.0 Å². The molecule has 5 heteroatoms. The molecule has 0 radical (unpaired) electrons. The van der Waals surface area contributed by atoms with Crippen molar-refractivity contribution < 1.29 is 4.79 Å². The van der Waals surface area contributed by atoms with Crippen LogP contribution in [0.4, 0.5) is 0 Å². The molecule has 16 heavy (non-hydrogen) atoms. The van der Waals surface area contributed by atoms with Crippen molar-refractivity contribution >= 4 is 44.8 Å². The Kier molecular flexibility index (Phi) is 3.93. The Labute approximate surface area is 113 Å². The highest BCUT2D eigenvalue weighted by Crippen LogP contribution is 2.29. The van der Waals surface area contributed by atoms with Crippen LogP contribution in [-0.4, -0.2) is 16.8 Å². The Hall–Kier alpha value is -0.0600. The van der Waals surface area contributed by atoms with Gasteiger partial charge in [-0.3, -0.25) is 4.79 Å². The summed E-state index contributed by atoms with van der Waals surface area (Å²) in [5, 5.41) is 5.54. The summed E-state index contributed by atoms with van der Waals surface area (Å²) in [6, 6.07) is 0.242. The molecule has 1 aliphatic rings. The lowest BCUT2D eigenvalue weighted by Crippen LogP contribution is -2.37. The quantitative estimate of drug-likeness (QED) is 0.825. The first-order valence-corrected chi connectivity index (χ1v) is 7.45. The molecule has 1 N–H and O–H groups in total. The number of amides is 1. The van der Waals surface area contributed by atoms with Crippen molar-refractivity contribution in [3.05, 3.63) is 20.8 Å². The van der Waals surface area contributed by atoms with E-state index in [1.54, 1.807) is 0 Å². The van der Waals surface area contributed by atoms with Gasteiger partial charge in [0.15, 0.2) is 0 Å². The number of aryl methyl sites for hydroxylation is 1. The Morgan fingerprint density at radius 3 is 2.88 bits per heavy atom. The second-order valence-electron chi connectivity index (χ2n) is 4.09. The summed E-state index contributed by atoms with van der Waals surface area (Å²) < 4.78 is 0. The van der Waals surface area contributed by atoms with Gasteiger partial charge in [-0.15, -0.1) is 11.3 Å². The number of alkyl halides is 1. The van der Waals surface area contributed by atoms with E-state index in [1.165, 1.54) is 11.3 Å². The Morgan fingerprint density at radius 1 is 1.62 bits per heavy atom. The maximum Gasteiger partial charge on any atom is 0.263 e. The molecule has 0 bridgehead atoms. The molecule has 2 unspecified atom stereocenters. The van der Waals surface area contributed by atoms with Crippen molar-refractivity contribution in [3.8, 4) is 0 Å². The van der Waals surface area contributed by atoms with Gasteiger partial charge in [0.2, 0.25) is 0 Å². The number of halogens is 2. The van der Waals surface area contributed by atoms with Crippen LogP contribution in [0, 0.1) is 6.92 Å². The van der Waals surface area contributed by atoms with Gasteiger partial charge in [0.05, 0.1) is 5.02 Å². The lowest BCUT2D eigenvalue weighted by molar-refractivity contribution is 0.0943. The van der Waals surface area contributed by atoms with Crippen LogP contribution in [0.3, 0.4) is 0 Å². The van der Waals surface area contributed by atoms with Gasteiger partial charge in [0.25, 0.3) is 5.91 Å². The zero-order valence-electron chi connectivity index (χ0n) is 8.93. The largest absolute Gasteiger partial charge is 0.347 e. The van der Waals surface area contributed by atoms with Gasteiger partial charge < -0.3 is 5.32 Å². The SMILES string of the molecule is Cc1csc(C(=O)NC2CCCC2Br)c1Cl. The van der Waals surface area contributed by atoms with Crippen LogP contribution >= 0.6 is 38.9 Å². The van der Waals surface area contributed by atoms with Gasteiger partial charge in [-0.25, -0.2) is 0 Å². The number of nitrogens with one attached hydrogen (secondary N) is 1. The van der Waals surface area contributed by atoms with E-state index in [0.29, 0.717) is 14.7 Å². The fraction of sp³-hybridized carbons (Fsp3) is 0.545. The fourth-order valence-electron chi connectivity index (χ4n) is 1.89. The molecular formula is C11H13BrClNOS. The first kappa shape index (κ1) is 12.4. The predicted octanol–water partition coefficient (Wildman–Crippen LogP) is 3.76. The Bertz CT molecular complexity index is 407. The Morgan fingerprint density at radius 2 is 2.38 bits per heavy atom. The van der Waals surface area contributed by atoms with Crippen LogP contribution in [0.2, 0.25) is 5.02 Å². The van der Waals surface area contributed by atoms with Gasteiger partial charge >= 0.3 is 0 Å². The molecule has 2 rings (SSSR count). The molecule has 1 aromatic heterocycles. The van der Waals surface area contributed by atoms with Crippen LogP contribution in [-0.2, 0) is 0 Å². The second-order valence-corrected chi connectivity index (χ2v) is 6.52. The van der Waals surface area contributed by atoms with Gasteiger partial charge in [-0.05, 0) is 30.7 Å². The van der Waals surface area contributed by atoms with Crippen molar-refractivity contribution in [1.82, 2.24) is 5.32 Å². The molecule has 0 spiro atoms. The van der Waals surface area contributed by atoms with E-state index in [-0.39, 0.29) is 11.9 Å². The van der Waals surface area contributed by atoms with E-state index in [4.69, 9.17) is 11.6 Å². The van der Waals surface area contributed by atoms with E-state index >= 15 is 0 Å². The molecule has 0 aromatic carbocycles. The van der Waals surface area contributed by atoms with Gasteiger partial charge in [-0.2, -0.15) is 0 Å². The molecule has 2 atom stereocenters. The molecule has 1 saturated carbocycles. The zero-order chi connectivity index (χ0) is 11.7. The summed E-state index contributed by atoms with van der Waals surface area (Å²) in [4.78, 5) is 13.0. The summed E-state index contributed by atoms with van der Waals surface area (Å²) in [5.74, 6) is -0.0422. The molecular weight excluding hydrogens is 310 g/mol. The lowest BCUT2D eigenvalue weighted by atomic mass is 10.2. The number of rotatable bonds is 2. The molecule has 1 aromatic rings. The monoisotopic (exact) mass is 321 g/mol. The second kappa shape index (κ2) is 5.07. The van der Waals surface area contributed by atoms with E-state index in [2.05, 4.69) is 21.2 Å². The van der Waals surface area contributed by atoms with Crippen molar-refractivity contribution in [1.29, 1.82) is 0 Å². The summed E-state index contributed by atoms with van der Waals surface area (Å²) >= 11 is 11.1. The summed E-state index contributed by atoms with van der Waals surface area (Å²) in [5.41, 5.74) is 0.971. The molecule has 1 amide bonds. The molecule has 0 aliphatic heterocycles. The van der Waals surface area contributed by atoms with Crippen molar-refractivity contribution in [2.75, 3.05) is 0 Å². The van der Waals surface area contributed by atoms with Crippen LogP contribution < -0.4 is 5.32 Å². The summed E-state index contributed by atoms with van der Waals surface area (Å²) in [6.07, 6.45) is 3.34. The normalized spacial score (nSPS) is 24.7. The highest BCUT2D eigenvalue weighted by atomic mass is 79.9. The highest BCUT2D eigenvalue weighted by Gasteiger charge is 2.27. The Balaban J connectivity index is 2.06. The molecule has 88 valence electrons. The van der Waals surface area contributed by atoms with Crippen LogP contribution in [0.5, 0.6) is 0 Å². The summed E-state index contributed by atoms with van der Waals surface area (Å²) in [7, 11) is 0. The minimum atomic E-state index is -0.0422. The standard InChI is InChI=1S/C11H13BrClNOS/c1-6-5-16-10(9(6)13)11(15)14-8-4-2-3-7(8)12/h5,7-8H,2-4H2,1H3,(H,14,15). The van der Waals surface area contributed by atoms with Crippen molar-refractivity contribution in [2.24, 2.45) is 0 Å². The average Bonchev–Trinajstić information content (AvgIpc) is 2.77. The highest BCUT2D eigenvalue weighted by molar-refractivity contribution is 9.09. The third-order valence-electron chi connectivity index (χ3n) is 2.85. The van der Waals surface area contributed by atoms with Crippen LogP contribution in [0.1, 0.15) is 34.5 Å². The van der Waals surface area contributed by atoms with Gasteiger partial charge in [0, 0.05) is 10.9 Å². The van der Waals surface area contributed by atoms with Gasteiger partial charge in [0.1, 0.15) is 4.88 Å². The van der Waals surface area contributed by atoms with E-state index in [1.807, 2.05) is 12.3 Å². The van der Waals surface area contributed by atoms with Crippen LogP contribution in [0.25, 0.3) is 0 Å². The average molecular weight is 323 g/mol. The molecule has 1 aliphatic carbocycles. The van der Waals surface area contributed by atoms with Crippen molar-refractivity contribution in [2.45, 2.75) is 37.1 Å².